The first-order valence-electron chi connectivity index (χ1n) is 13.0. The first-order chi connectivity index (χ1) is 19.4. The second-order valence-electron chi connectivity index (χ2n) is 9.94. The molecule has 1 heterocycles. The van der Waals surface area contributed by atoms with Gasteiger partial charge in [0.1, 0.15) is 11.6 Å². The van der Waals surface area contributed by atoms with E-state index in [0.29, 0.717) is 45.3 Å². The number of anilines is 2. The molecule has 0 spiro atoms. The number of rotatable bonds is 4. The van der Waals surface area contributed by atoms with Crippen LogP contribution in [0, 0.1) is 5.82 Å². The molecule has 6 rings (SSSR count). The molecule has 0 saturated carbocycles. The molecular weight excluding hydrogens is 527 g/mol. The Hall–Kier alpha value is -4.42. The van der Waals surface area contributed by atoms with E-state index in [1.54, 1.807) is 54.5 Å². The van der Waals surface area contributed by atoms with E-state index in [1.807, 2.05) is 42.5 Å². The summed E-state index contributed by atoms with van der Waals surface area (Å²) in [6, 6.07) is 27.3. The van der Waals surface area contributed by atoms with E-state index >= 15 is 0 Å². The van der Waals surface area contributed by atoms with Crippen molar-refractivity contribution in [1.82, 2.24) is 0 Å². The van der Waals surface area contributed by atoms with Gasteiger partial charge in [0, 0.05) is 28.3 Å². The highest BCUT2D eigenvalue weighted by molar-refractivity contribution is 6.31. The highest BCUT2D eigenvalue weighted by Crippen LogP contribution is 2.49. The van der Waals surface area contributed by atoms with Crippen molar-refractivity contribution in [1.29, 1.82) is 0 Å². The molecule has 4 aromatic carbocycles. The van der Waals surface area contributed by atoms with Crippen molar-refractivity contribution in [3.05, 3.63) is 136 Å². The maximum atomic E-state index is 14.4. The fourth-order valence-electron chi connectivity index (χ4n) is 5.65. The Morgan fingerprint density at radius 3 is 2.35 bits per heavy atom. The number of ketones is 1. The van der Waals surface area contributed by atoms with Crippen LogP contribution in [-0.2, 0) is 4.79 Å². The zero-order chi connectivity index (χ0) is 27.8. The van der Waals surface area contributed by atoms with Crippen molar-refractivity contribution in [3.8, 4) is 5.75 Å². The van der Waals surface area contributed by atoms with Crippen molar-refractivity contribution in [2.75, 3.05) is 17.3 Å². The molecule has 0 unspecified atom stereocenters. The van der Waals surface area contributed by atoms with E-state index in [0.717, 1.165) is 11.3 Å². The summed E-state index contributed by atoms with van der Waals surface area (Å²) in [5.74, 6) is -0.185. The maximum absolute atomic E-state index is 14.4. The molecule has 1 amide bonds. The number of nitrogens with zero attached hydrogens (tertiary/aromatic N) is 1. The highest BCUT2D eigenvalue weighted by Gasteiger charge is 2.42. The Kier molecular flexibility index (Phi) is 6.86. The Morgan fingerprint density at radius 2 is 1.62 bits per heavy atom. The number of carbonyl (C=O) groups is 2. The fourth-order valence-corrected chi connectivity index (χ4v) is 5.89. The number of hydrogen-bond acceptors (Lipinski definition) is 4. The molecule has 0 fully saturated rings. The van der Waals surface area contributed by atoms with Crippen LogP contribution in [-0.4, -0.2) is 18.8 Å². The quantitative estimate of drug-likeness (QED) is 0.282. The summed E-state index contributed by atoms with van der Waals surface area (Å²) in [5, 5.41) is 3.96. The number of allylic oxidation sites excluding steroid dienone is 1. The molecule has 4 aromatic rings. The maximum Gasteiger partial charge on any atom is 0.259 e. The van der Waals surface area contributed by atoms with Crippen LogP contribution in [0.15, 0.2) is 108 Å². The Labute approximate surface area is 236 Å². The minimum absolute atomic E-state index is 0.0895. The predicted octanol–water partition coefficient (Wildman–Crippen LogP) is 7.70. The molecule has 5 nitrogen and oxygen atoms in total. The number of nitrogens with one attached hydrogen (secondary N) is 1. The summed E-state index contributed by atoms with van der Waals surface area (Å²) in [6.45, 7) is 0. The standard InChI is InChI=1S/C33H26ClFN2O3/c1-40-24-16-12-21(13-17-24)33(39)37-29-9-5-4-8-27(29)36-28-18-22(20-10-14-23(35)15-11-20)19-30(38)31(28)32(37)25-6-2-3-7-26(25)34/h2-17,22,32,36H,18-19H2,1H3/t22-,32+/m1/s1. The molecule has 7 heteroatoms. The Bertz CT molecular complexity index is 1630. The van der Waals surface area contributed by atoms with Crippen molar-refractivity contribution < 1.29 is 18.7 Å². The first kappa shape index (κ1) is 25.8. The largest absolute Gasteiger partial charge is 0.497 e. The zero-order valence-electron chi connectivity index (χ0n) is 21.7. The number of para-hydroxylation sites is 2. The minimum atomic E-state index is -0.767. The summed E-state index contributed by atoms with van der Waals surface area (Å²) in [5.41, 5.74) is 4.57. The van der Waals surface area contributed by atoms with E-state index in [9.17, 15) is 14.0 Å². The summed E-state index contributed by atoms with van der Waals surface area (Å²) >= 11 is 6.77. The molecular formula is C33H26ClFN2O3. The molecule has 40 heavy (non-hydrogen) atoms. The number of ether oxygens (including phenoxy) is 1. The van der Waals surface area contributed by atoms with Gasteiger partial charge < -0.3 is 10.1 Å². The second kappa shape index (κ2) is 10.6. The van der Waals surface area contributed by atoms with Crippen LogP contribution in [0.5, 0.6) is 5.75 Å². The van der Waals surface area contributed by atoms with Gasteiger partial charge in [-0.3, -0.25) is 14.5 Å². The first-order valence-corrected chi connectivity index (χ1v) is 13.4. The van der Waals surface area contributed by atoms with Crippen LogP contribution in [0.4, 0.5) is 15.8 Å². The molecule has 0 aromatic heterocycles. The number of carbonyl (C=O) groups excluding carboxylic acids is 2. The monoisotopic (exact) mass is 552 g/mol. The number of hydrogen-bond donors (Lipinski definition) is 1. The third kappa shape index (κ3) is 4.65. The van der Waals surface area contributed by atoms with Gasteiger partial charge in [-0.15, -0.1) is 0 Å². The van der Waals surface area contributed by atoms with Gasteiger partial charge in [0.15, 0.2) is 5.78 Å². The summed E-state index contributed by atoms with van der Waals surface area (Å²) in [7, 11) is 1.57. The van der Waals surface area contributed by atoms with Gasteiger partial charge in [0.2, 0.25) is 0 Å². The second-order valence-corrected chi connectivity index (χ2v) is 10.3. The van der Waals surface area contributed by atoms with Gasteiger partial charge in [0.25, 0.3) is 5.91 Å². The smallest absolute Gasteiger partial charge is 0.259 e. The van der Waals surface area contributed by atoms with Crippen LogP contribution in [0.1, 0.15) is 46.3 Å². The molecule has 2 aliphatic rings. The van der Waals surface area contributed by atoms with Gasteiger partial charge >= 0.3 is 0 Å². The van der Waals surface area contributed by atoms with Crippen molar-refractivity contribution in [2.45, 2.75) is 24.8 Å². The van der Waals surface area contributed by atoms with Crippen LogP contribution < -0.4 is 15.0 Å². The van der Waals surface area contributed by atoms with E-state index in [4.69, 9.17) is 16.3 Å². The molecule has 200 valence electrons. The number of benzene rings is 4. The number of fused-ring (bicyclic) bond motifs is 1. The SMILES string of the molecule is COc1ccc(C(=O)N2c3ccccc3NC3=C(C(=O)C[C@H](c4ccc(F)cc4)C3)[C@@H]2c2ccccc2Cl)cc1. The summed E-state index contributed by atoms with van der Waals surface area (Å²) in [4.78, 5) is 30.1. The third-order valence-corrected chi connectivity index (χ3v) is 7.93. The molecule has 1 aliphatic carbocycles. The average Bonchev–Trinajstić information content (AvgIpc) is 3.12. The lowest BCUT2D eigenvalue weighted by Crippen LogP contribution is -2.38. The van der Waals surface area contributed by atoms with Crippen LogP contribution in [0.25, 0.3) is 0 Å². The van der Waals surface area contributed by atoms with Gasteiger partial charge in [-0.25, -0.2) is 4.39 Å². The van der Waals surface area contributed by atoms with Crippen LogP contribution in [0.2, 0.25) is 5.02 Å². The molecule has 1 aliphatic heterocycles. The van der Waals surface area contributed by atoms with E-state index in [2.05, 4.69) is 5.32 Å². The topological polar surface area (TPSA) is 58.6 Å². The van der Waals surface area contributed by atoms with Crippen molar-refractivity contribution in [2.24, 2.45) is 0 Å². The third-order valence-electron chi connectivity index (χ3n) is 7.59. The highest BCUT2D eigenvalue weighted by atomic mass is 35.5. The van der Waals surface area contributed by atoms with E-state index in [-0.39, 0.29) is 29.8 Å². The molecule has 1 N–H and O–H groups in total. The molecule has 0 saturated heterocycles. The van der Waals surface area contributed by atoms with Crippen LogP contribution >= 0.6 is 11.6 Å². The molecule has 2 atom stereocenters. The summed E-state index contributed by atoms with van der Waals surface area (Å²) in [6.07, 6.45) is 0.751. The zero-order valence-corrected chi connectivity index (χ0v) is 22.5. The van der Waals surface area contributed by atoms with Crippen molar-refractivity contribution in [3.63, 3.8) is 0 Å². The molecule has 0 bridgehead atoms. The summed E-state index contributed by atoms with van der Waals surface area (Å²) < 4.78 is 18.9. The van der Waals surface area contributed by atoms with E-state index in [1.165, 1.54) is 12.1 Å². The van der Waals surface area contributed by atoms with Crippen molar-refractivity contribution >= 4 is 34.7 Å². The number of methoxy groups -OCH3 is 1. The minimum Gasteiger partial charge on any atom is -0.497 e. The number of halogens is 2. The van der Waals surface area contributed by atoms with Crippen LogP contribution in [0.3, 0.4) is 0 Å². The lowest BCUT2D eigenvalue weighted by molar-refractivity contribution is -0.116. The Morgan fingerprint density at radius 1 is 0.925 bits per heavy atom. The number of Topliss-reactive ketones (excluding diaryl/α,β-unsaturated/α-hetero) is 1. The van der Waals surface area contributed by atoms with Gasteiger partial charge in [-0.2, -0.15) is 0 Å². The normalized spacial score (nSPS) is 18.4. The Balaban J connectivity index is 1.55. The van der Waals surface area contributed by atoms with Gasteiger partial charge in [-0.1, -0.05) is 54.1 Å². The average molecular weight is 553 g/mol. The van der Waals surface area contributed by atoms with Gasteiger partial charge in [0.05, 0.1) is 24.5 Å². The fraction of sp³-hybridized carbons (Fsp3) is 0.152. The number of amides is 1. The van der Waals surface area contributed by atoms with E-state index < -0.39 is 6.04 Å². The van der Waals surface area contributed by atoms with Gasteiger partial charge in [-0.05, 0) is 78.1 Å². The lowest BCUT2D eigenvalue weighted by atomic mass is 9.78. The predicted molar refractivity (Wildman–Crippen MR) is 154 cm³/mol. The molecule has 0 radical (unpaired) electrons. The lowest BCUT2D eigenvalue weighted by Gasteiger charge is -2.35.